The van der Waals surface area contributed by atoms with Crippen LogP contribution in [0.15, 0.2) is 30.3 Å². The number of nitrogens with zero attached hydrogens (tertiary/aromatic N) is 1. The molecule has 1 heterocycles. The van der Waals surface area contributed by atoms with Crippen molar-refractivity contribution in [3.63, 3.8) is 0 Å². The van der Waals surface area contributed by atoms with E-state index in [1.165, 1.54) is 25.3 Å². The summed E-state index contributed by atoms with van der Waals surface area (Å²) in [6.45, 7) is 1.52. The van der Waals surface area contributed by atoms with E-state index in [1.54, 1.807) is 12.1 Å². The number of hydrogen-bond donors (Lipinski definition) is 1. The van der Waals surface area contributed by atoms with Gasteiger partial charge in [0.1, 0.15) is 29.7 Å². The number of halogens is 2. The van der Waals surface area contributed by atoms with Gasteiger partial charge in [0.2, 0.25) is 0 Å². The second-order valence-corrected chi connectivity index (χ2v) is 5.07. The minimum atomic E-state index is -0.519. The Balaban J connectivity index is 1.95. The molecule has 1 aliphatic rings. The molecule has 0 saturated carbocycles. The fourth-order valence-corrected chi connectivity index (χ4v) is 2.55. The highest BCUT2D eigenvalue weighted by Crippen LogP contribution is 2.35. The molecule has 2 aromatic carbocycles. The van der Waals surface area contributed by atoms with Crippen molar-refractivity contribution in [3.8, 4) is 11.5 Å². The molecular weight excluding hydrogens is 290 g/mol. The minimum Gasteiger partial charge on any atom is -0.496 e. The molecule has 0 aliphatic carbocycles. The van der Waals surface area contributed by atoms with Gasteiger partial charge in [-0.2, -0.15) is 0 Å². The summed E-state index contributed by atoms with van der Waals surface area (Å²) < 4.78 is 37.7. The van der Waals surface area contributed by atoms with Crippen molar-refractivity contribution in [1.29, 1.82) is 0 Å². The van der Waals surface area contributed by atoms with Crippen molar-refractivity contribution in [2.45, 2.75) is 6.54 Å². The number of anilines is 2. The summed E-state index contributed by atoms with van der Waals surface area (Å²) in [6, 6.07) is 7.19. The summed E-state index contributed by atoms with van der Waals surface area (Å²) >= 11 is 0. The summed E-state index contributed by atoms with van der Waals surface area (Å²) in [7, 11) is 1.47. The molecule has 0 spiro atoms. The first-order valence-corrected chi connectivity index (χ1v) is 6.87. The average molecular weight is 306 g/mol. The van der Waals surface area contributed by atoms with E-state index < -0.39 is 5.82 Å². The Hall–Kier alpha value is -2.50. The van der Waals surface area contributed by atoms with E-state index in [0.717, 1.165) is 5.56 Å². The van der Waals surface area contributed by atoms with Gasteiger partial charge < -0.3 is 20.1 Å². The topological polar surface area (TPSA) is 47.7 Å². The highest BCUT2D eigenvalue weighted by atomic mass is 19.1. The molecule has 0 fully saturated rings. The number of benzene rings is 2. The van der Waals surface area contributed by atoms with Crippen LogP contribution in [-0.2, 0) is 6.54 Å². The zero-order chi connectivity index (χ0) is 15.7. The van der Waals surface area contributed by atoms with Gasteiger partial charge in [0.15, 0.2) is 0 Å². The number of rotatable bonds is 3. The predicted molar refractivity (Wildman–Crippen MR) is 80.3 cm³/mol. The predicted octanol–water partition coefficient (Wildman–Crippen LogP) is 2.95. The second-order valence-electron chi connectivity index (χ2n) is 5.07. The van der Waals surface area contributed by atoms with Crippen LogP contribution in [0.2, 0.25) is 0 Å². The number of ether oxygens (including phenoxy) is 2. The van der Waals surface area contributed by atoms with Crippen LogP contribution in [0.25, 0.3) is 0 Å². The molecule has 0 amide bonds. The largest absolute Gasteiger partial charge is 0.496 e. The quantitative estimate of drug-likeness (QED) is 0.886. The van der Waals surface area contributed by atoms with Gasteiger partial charge in [-0.15, -0.1) is 0 Å². The molecule has 4 nitrogen and oxygen atoms in total. The first-order valence-electron chi connectivity index (χ1n) is 6.87. The van der Waals surface area contributed by atoms with Gasteiger partial charge in [0, 0.05) is 24.2 Å². The molecule has 3 rings (SSSR count). The van der Waals surface area contributed by atoms with Crippen molar-refractivity contribution in [2.24, 2.45) is 0 Å². The number of nitrogens with two attached hydrogens (primary N) is 1. The lowest BCUT2D eigenvalue weighted by Gasteiger charge is -2.31. The first kappa shape index (κ1) is 14.4. The van der Waals surface area contributed by atoms with Gasteiger partial charge >= 0.3 is 0 Å². The third-order valence-corrected chi connectivity index (χ3v) is 3.64. The van der Waals surface area contributed by atoms with Gasteiger partial charge in [-0.25, -0.2) is 8.78 Å². The molecule has 1 aliphatic heterocycles. The van der Waals surface area contributed by atoms with Gasteiger partial charge in [0.25, 0.3) is 0 Å². The molecule has 0 unspecified atom stereocenters. The fraction of sp³-hybridized carbons (Fsp3) is 0.250. The molecule has 2 N–H and O–H groups in total. The summed E-state index contributed by atoms with van der Waals surface area (Å²) in [5, 5.41) is 0. The molecule has 22 heavy (non-hydrogen) atoms. The molecule has 0 bridgehead atoms. The summed E-state index contributed by atoms with van der Waals surface area (Å²) in [4.78, 5) is 1.96. The van der Waals surface area contributed by atoms with Crippen molar-refractivity contribution < 1.29 is 18.3 Å². The lowest BCUT2D eigenvalue weighted by atomic mass is 10.1. The van der Waals surface area contributed by atoms with E-state index >= 15 is 0 Å². The molecule has 0 atom stereocenters. The third kappa shape index (κ3) is 2.64. The number of hydrogen-bond acceptors (Lipinski definition) is 4. The molecule has 0 saturated heterocycles. The molecule has 6 heteroatoms. The maximum Gasteiger partial charge on any atom is 0.149 e. The Morgan fingerprint density at radius 1 is 1.27 bits per heavy atom. The molecule has 0 aromatic heterocycles. The SMILES string of the molecule is COc1cc(F)c(N)cc1CN1CCOc2ccc(F)cc21. The van der Waals surface area contributed by atoms with Crippen molar-refractivity contribution in [3.05, 3.63) is 47.5 Å². The second kappa shape index (κ2) is 5.71. The highest BCUT2D eigenvalue weighted by molar-refractivity contribution is 5.61. The number of fused-ring (bicyclic) bond motifs is 1. The zero-order valence-electron chi connectivity index (χ0n) is 12.1. The van der Waals surface area contributed by atoms with Crippen LogP contribution in [0.5, 0.6) is 11.5 Å². The lowest BCUT2D eigenvalue weighted by Crippen LogP contribution is -2.32. The zero-order valence-corrected chi connectivity index (χ0v) is 12.1. The van der Waals surface area contributed by atoms with E-state index in [-0.39, 0.29) is 11.5 Å². The van der Waals surface area contributed by atoms with Crippen LogP contribution >= 0.6 is 0 Å². The van der Waals surface area contributed by atoms with E-state index in [4.69, 9.17) is 15.2 Å². The Labute approximate surface area is 127 Å². The third-order valence-electron chi connectivity index (χ3n) is 3.64. The fourth-order valence-electron chi connectivity index (χ4n) is 2.55. The van der Waals surface area contributed by atoms with Gasteiger partial charge in [-0.1, -0.05) is 0 Å². The van der Waals surface area contributed by atoms with E-state index in [1.807, 2.05) is 4.90 Å². The Bertz CT molecular complexity index is 707. The first-order chi connectivity index (χ1) is 10.6. The maximum atomic E-state index is 13.5. The molecular formula is C16H16F2N2O2. The highest BCUT2D eigenvalue weighted by Gasteiger charge is 2.20. The smallest absolute Gasteiger partial charge is 0.149 e. The van der Waals surface area contributed by atoms with Crippen molar-refractivity contribution in [2.75, 3.05) is 30.9 Å². The van der Waals surface area contributed by atoms with Crippen LogP contribution in [-0.4, -0.2) is 20.3 Å². The van der Waals surface area contributed by atoms with Gasteiger partial charge in [-0.05, 0) is 18.2 Å². The average Bonchev–Trinajstić information content (AvgIpc) is 2.51. The minimum absolute atomic E-state index is 0.0588. The normalized spacial score (nSPS) is 13.5. The standard InChI is InChI=1S/C16H16F2N2O2/c1-21-16-8-12(18)13(19)6-10(16)9-20-4-5-22-15-3-2-11(17)7-14(15)20/h2-3,6-8H,4-5,9,19H2,1H3. The Kier molecular flexibility index (Phi) is 3.75. The Morgan fingerprint density at radius 2 is 2.09 bits per heavy atom. The number of nitrogen functional groups attached to an aromatic ring is 1. The molecule has 2 aromatic rings. The number of methoxy groups -OCH3 is 1. The summed E-state index contributed by atoms with van der Waals surface area (Å²) in [6.07, 6.45) is 0. The van der Waals surface area contributed by atoms with Gasteiger partial charge in [0.05, 0.1) is 25.0 Å². The summed E-state index contributed by atoms with van der Waals surface area (Å²) in [5.74, 6) is 0.187. The molecule has 0 radical (unpaired) electrons. The maximum absolute atomic E-state index is 13.5. The summed E-state index contributed by atoms with van der Waals surface area (Å²) in [5.41, 5.74) is 7.09. The van der Waals surface area contributed by atoms with Gasteiger partial charge in [-0.3, -0.25) is 0 Å². The van der Waals surface area contributed by atoms with Crippen molar-refractivity contribution >= 4 is 11.4 Å². The van der Waals surface area contributed by atoms with Crippen LogP contribution in [0.1, 0.15) is 5.56 Å². The van der Waals surface area contributed by atoms with Crippen LogP contribution in [0, 0.1) is 11.6 Å². The van der Waals surface area contributed by atoms with Crippen molar-refractivity contribution in [1.82, 2.24) is 0 Å². The van der Waals surface area contributed by atoms with Crippen LogP contribution in [0.3, 0.4) is 0 Å². The lowest BCUT2D eigenvalue weighted by molar-refractivity contribution is 0.305. The molecule has 116 valence electrons. The van der Waals surface area contributed by atoms with E-state index in [2.05, 4.69) is 0 Å². The van der Waals surface area contributed by atoms with Crippen LogP contribution < -0.4 is 20.1 Å². The van der Waals surface area contributed by atoms with Crippen LogP contribution in [0.4, 0.5) is 20.2 Å². The van der Waals surface area contributed by atoms with E-state index in [9.17, 15) is 8.78 Å². The Morgan fingerprint density at radius 3 is 2.86 bits per heavy atom. The monoisotopic (exact) mass is 306 g/mol. The van der Waals surface area contributed by atoms with E-state index in [0.29, 0.717) is 36.9 Å².